The van der Waals surface area contributed by atoms with Crippen LogP contribution in [0.2, 0.25) is 0 Å². The second kappa shape index (κ2) is 6.50. The molecule has 5 nitrogen and oxygen atoms in total. The van der Waals surface area contributed by atoms with Gasteiger partial charge < -0.3 is 11.1 Å². The molecule has 0 aliphatic heterocycles. The van der Waals surface area contributed by atoms with E-state index >= 15 is 0 Å². The SMILES string of the molecule is Cc1cc(C(=O)NCCC(C)N)n(C)n1.Cl. The first-order chi connectivity index (χ1) is 7.00. The number of nitrogens with zero attached hydrogens (tertiary/aromatic N) is 2. The van der Waals surface area contributed by atoms with Crippen LogP contribution in [0.5, 0.6) is 0 Å². The van der Waals surface area contributed by atoms with Gasteiger partial charge in [-0.05, 0) is 26.3 Å². The van der Waals surface area contributed by atoms with Gasteiger partial charge in [0.05, 0.1) is 5.69 Å². The van der Waals surface area contributed by atoms with Gasteiger partial charge in [-0.2, -0.15) is 5.10 Å². The third kappa shape index (κ3) is 4.20. The molecule has 1 aromatic rings. The van der Waals surface area contributed by atoms with E-state index in [1.54, 1.807) is 17.8 Å². The molecule has 0 saturated heterocycles. The maximum Gasteiger partial charge on any atom is 0.269 e. The molecule has 1 aromatic heterocycles. The smallest absolute Gasteiger partial charge is 0.269 e. The zero-order valence-electron chi connectivity index (χ0n) is 9.86. The zero-order valence-corrected chi connectivity index (χ0v) is 10.7. The minimum atomic E-state index is -0.0984. The minimum absolute atomic E-state index is 0. The predicted octanol–water partition coefficient (Wildman–Crippen LogP) is 0.617. The standard InChI is InChI=1S/C10H18N4O.ClH/c1-7(11)4-5-12-10(15)9-6-8(2)13-14(9)3;/h6-7H,4-5,11H2,1-3H3,(H,12,15);1H. The summed E-state index contributed by atoms with van der Waals surface area (Å²) < 4.78 is 1.58. The molecule has 0 radical (unpaired) electrons. The molecule has 0 aliphatic rings. The fourth-order valence-corrected chi connectivity index (χ4v) is 1.33. The fourth-order valence-electron chi connectivity index (χ4n) is 1.33. The summed E-state index contributed by atoms with van der Waals surface area (Å²) in [5.41, 5.74) is 7.01. The maximum atomic E-state index is 11.6. The van der Waals surface area contributed by atoms with Crippen LogP contribution >= 0.6 is 12.4 Å². The highest BCUT2D eigenvalue weighted by Gasteiger charge is 2.10. The number of carbonyl (C=O) groups is 1. The van der Waals surface area contributed by atoms with E-state index in [0.29, 0.717) is 12.2 Å². The minimum Gasteiger partial charge on any atom is -0.351 e. The average molecular weight is 247 g/mol. The molecular formula is C10H19ClN4O. The second-order valence-electron chi connectivity index (χ2n) is 3.82. The summed E-state index contributed by atoms with van der Waals surface area (Å²) in [7, 11) is 1.76. The number of aromatic nitrogens is 2. The van der Waals surface area contributed by atoms with Crippen LogP contribution in [0.15, 0.2) is 6.07 Å². The Balaban J connectivity index is 0.00000225. The van der Waals surface area contributed by atoms with E-state index in [1.165, 1.54) is 0 Å². The summed E-state index contributed by atoms with van der Waals surface area (Å²) in [6, 6.07) is 1.87. The van der Waals surface area contributed by atoms with Gasteiger partial charge in [0.2, 0.25) is 0 Å². The van der Waals surface area contributed by atoms with E-state index < -0.39 is 0 Å². The number of aryl methyl sites for hydroxylation is 2. The van der Waals surface area contributed by atoms with Crippen molar-refractivity contribution in [1.82, 2.24) is 15.1 Å². The van der Waals surface area contributed by atoms with Gasteiger partial charge >= 0.3 is 0 Å². The van der Waals surface area contributed by atoms with E-state index in [2.05, 4.69) is 10.4 Å². The Morgan fingerprint density at radius 1 is 1.69 bits per heavy atom. The second-order valence-corrected chi connectivity index (χ2v) is 3.82. The first-order valence-electron chi connectivity index (χ1n) is 5.05. The topological polar surface area (TPSA) is 72.9 Å². The quantitative estimate of drug-likeness (QED) is 0.818. The molecule has 16 heavy (non-hydrogen) atoms. The molecule has 1 amide bonds. The molecule has 6 heteroatoms. The Bertz CT molecular complexity index is 349. The summed E-state index contributed by atoms with van der Waals surface area (Å²) >= 11 is 0. The molecule has 3 N–H and O–H groups in total. The number of carbonyl (C=O) groups excluding carboxylic acids is 1. The van der Waals surface area contributed by atoms with Crippen molar-refractivity contribution >= 4 is 18.3 Å². The molecule has 1 rings (SSSR count). The van der Waals surface area contributed by atoms with Crippen molar-refractivity contribution in [2.45, 2.75) is 26.3 Å². The average Bonchev–Trinajstić information content (AvgIpc) is 2.44. The molecule has 1 heterocycles. The van der Waals surface area contributed by atoms with Gasteiger partial charge in [-0.3, -0.25) is 9.48 Å². The Labute approximate surface area is 102 Å². The lowest BCUT2D eigenvalue weighted by molar-refractivity contribution is 0.0943. The molecule has 1 atom stereocenters. The van der Waals surface area contributed by atoms with E-state index in [4.69, 9.17) is 5.73 Å². The van der Waals surface area contributed by atoms with Gasteiger partial charge in [0.1, 0.15) is 5.69 Å². The molecule has 92 valence electrons. The van der Waals surface area contributed by atoms with Crippen molar-refractivity contribution < 1.29 is 4.79 Å². The Kier molecular flexibility index (Phi) is 6.06. The number of nitrogens with one attached hydrogen (secondary N) is 1. The van der Waals surface area contributed by atoms with Gasteiger partial charge in [-0.1, -0.05) is 0 Å². The molecule has 0 bridgehead atoms. The van der Waals surface area contributed by atoms with Crippen molar-refractivity contribution in [3.05, 3.63) is 17.5 Å². The number of halogens is 1. The lowest BCUT2D eigenvalue weighted by Gasteiger charge is -2.06. The van der Waals surface area contributed by atoms with Crippen LogP contribution in [0.3, 0.4) is 0 Å². The van der Waals surface area contributed by atoms with E-state index in [0.717, 1.165) is 12.1 Å². The highest BCUT2D eigenvalue weighted by molar-refractivity contribution is 5.92. The molecule has 0 spiro atoms. The summed E-state index contributed by atoms with van der Waals surface area (Å²) in [4.78, 5) is 11.6. The van der Waals surface area contributed by atoms with Crippen molar-refractivity contribution in [3.8, 4) is 0 Å². The van der Waals surface area contributed by atoms with Crippen molar-refractivity contribution in [1.29, 1.82) is 0 Å². The van der Waals surface area contributed by atoms with Crippen LogP contribution in [-0.2, 0) is 7.05 Å². The van der Waals surface area contributed by atoms with Crippen molar-refractivity contribution in [3.63, 3.8) is 0 Å². The molecule has 1 unspecified atom stereocenters. The highest BCUT2D eigenvalue weighted by atomic mass is 35.5. The molecule has 0 aromatic carbocycles. The monoisotopic (exact) mass is 246 g/mol. The van der Waals surface area contributed by atoms with Crippen LogP contribution < -0.4 is 11.1 Å². The van der Waals surface area contributed by atoms with Gasteiger partial charge in [-0.25, -0.2) is 0 Å². The number of amides is 1. The largest absolute Gasteiger partial charge is 0.351 e. The Morgan fingerprint density at radius 3 is 2.75 bits per heavy atom. The number of rotatable bonds is 4. The predicted molar refractivity (Wildman–Crippen MR) is 65.8 cm³/mol. The molecule has 0 saturated carbocycles. The van der Waals surface area contributed by atoms with Crippen LogP contribution in [0.25, 0.3) is 0 Å². The maximum absolute atomic E-state index is 11.6. The number of hydrogen-bond donors (Lipinski definition) is 2. The first kappa shape index (κ1) is 14.9. The van der Waals surface area contributed by atoms with Crippen molar-refractivity contribution in [2.75, 3.05) is 6.54 Å². The molecule has 0 aliphatic carbocycles. The van der Waals surface area contributed by atoms with E-state index in [-0.39, 0.29) is 24.4 Å². The highest BCUT2D eigenvalue weighted by Crippen LogP contribution is 2.01. The number of nitrogens with two attached hydrogens (primary N) is 1. The fraction of sp³-hybridized carbons (Fsp3) is 0.600. The Hall–Kier alpha value is -1.07. The zero-order chi connectivity index (χ0) is 11.4. The molecule has 0 fully saturated rings. The van der Waals surface area contributed by atoms with Gasteiger partial charge in [-0.15, -0.1) is 12.4 Å². The molecular weight excluding hydrogens is 228 g/mol. The summed E-state index contributed by atoms with van der Waals surface area (Å²) in [6.07, 6.45) is 0.780. The van der Waals surface area contributed by atoms with Gasteiger partial charge in [0.25, 0.3) is 5.91 Å². The van der Waals surface area contributed by atoms with Crippen LogP contribution in [-0.4, -0.2) is 28.3 Å². The third-order valence-electron chi connectivity index (χ3n) is 2.12. The summed E-state index contributed by atoms with van der Waals surface area (Å²) in [5, 5.41) is 6.91. The number of hydrogen-bond acceptors (Lipinski definition) is 3. The lowest BCUT2D eigenvalue weighted by Crippen LogP contribution is -2.30. The Morgan fingerprint density at radius 2 is 2.31 bits per heavy atom. The van der Waals surface area contributed by atoms with Crippen molar-refractivity contribution in [2.24, 2.45) is 12.8 Å². The van der Waals surface area contributed by atoms with Crippen LogP contribution in [0, 0.1) is 6.92 Å². The normalized spacial score (nSPS) is 11.8. The summed E-state index contributed by atoms with van der Waals surface area (Å²) in [6.45, 7) is 4.37. The first-order valence-corrected chi connectivity index (χ1v) is 5.05. The van der Waals surface area contributed by atoms with E-state index in [9.17, 15) is 4.79 Å². The lowest BCUT2D eigenvalue weighted by atomic mass is 10.2. The van der Waals surface area contributed by atoms with Gasteiger partial charge in [0.15, 0.2) is 0 Å². The third-order valence-corrected chi connectivity index (χ3v) is 2.12. The summed E-state index contributed by atoms with van der Waals surface area (Å²) in [5.74, 6) is -0.0984. The van der Waals surface area contributed by atoms with Crippen LogP contribution in [0.1, 0.15) is 29.5 Å². The van der Waals surface area contributed by atoms with Crippen LogP contribution in [0.4, 0.5) is 0 Å². The van der Waals surface area contributed by atoms with E-state index in [1.807, 2.05) is 13.8 Å². The van der Waals surface area contributed by atoms with Gasteiger partial charge in [0, 0.05) is 19.6 Å².